The van der Waals surface area contributed by atoms with Crippen molar-refractivity contribution in [3.8, 4) is 0 Å². The summed E-state index contributed by atoms with van der Waals surface area (Å²) in [5.74, 6) is 0. The minimum absolute atomic E-state index is 0.548. The number of unbranched alkanes of at least 4 members (excludes halogenated alkanes) is 1. The van der Waals surface area contributed by atoms with Crippen LogP contribution in [-0.2, 0) is 10.8 Å². The first kappa shape index (κ1) is 15.8. The van der Waals surface area contributed by atoms with Crippen LogP contribution in [0, 0.1) is 0 Å². The van der Waals surface area contributed by atoms with Gasteiger partial charge in [-0.15, -0.1) is 0 Å². The van der Waals surface area contributed by atoms with E-state index >= 15 is 0 Å². The van der Waals surface area contributed by atoms with Crippen LogP contribution >= 0.6 is 0 Å². The highest BCUT2D eigenvalue weighted by molar-refractivity contribution is 6.78. The van der Waals surface area contributed by atoms with E-state index in [0.717, 1.165) is 12.1 Å². The monoisotopic (exact) mass is 290 g/mol. The van der Waals surface area contributed by atoms with Gasteiger partial charge in [-0.25, -0.2) is 0 Å². The normalized spacial score (nSPS) is 21.1. The van der Waals surface area contributed by atoms with E-state index in [-0.39, 0.29) is 0 Å². The Morgan fingerprint density at radius 3 is 2.60 bits per heavy atom. The number of hydrogen-bond acceptors (Lipinski definition) is 1. The smallest absolute Gasteiger partial charge is 0.0580 e. The van der Waals surface area contributed by atoms with Gasteiger partial charge in [0.1, 0.15) is 0 Å². The van der Waals surface area contributed by atoms with Crippen LogP contribution in [-0.4, -0.2) is 20.8 Å². The molecule has 0 amide bonds. The molecule has 2 rings (SSSR count). The van der Waals surface area contributed by atoms with E-state index in [2.05, 4.69) is 50.3 Å². The van der Waals surface area contributed by atoms with Gasteiger partial charge in [-0.3, -0.25) is 0 Å². The van der Waals surface area contributed by atoms with Crippen LogP contribution in [0.2, 0.25) is 18.6 Å². The van der Waals surface area contributed by atoms with E-state index in [0.29, 0.717) is 6.10 Å². The van der Waals surface area contributed by atoms with E-state index in [1.807, 2.05) is 0 Å². The quantitative estimate of drug-likeness (QED) is 0.626. The van der Waals surface area contributed by atoms with Crippen molar-refractivity contribution in [1.29, 1.82) is 0 Å². The van der Waals surface area contributed by atoms with Crippen molar-refractivity contribution in [3.63, 3.8) is 0 Å². The molecular weight excluding hydrogens is 260 g/mol. The fraction of sp³-hybridized carbons (Fsp3) is 0.667. The summed E-state index contributed by atoms with van der Waals surface area (Å²) in [7, 11) is -1.30. The third kappa shape index (κ3) is 4.19. The van der Waals surface area contributed by atoms with Gasteiger partial charge in [-0.1, -0.05) is 75.2 Å². The van der Waals surface area contributed by atoms with E-state index in [1.54, 1.807) is 0 Å². The van der Waals surface area contributed by atoms with Crippen molar-refractivity contribution in [2.45, 2.75) is 69.8 Å². The Morgan fingerprint density at radius 2 is 2.00 bits per heavy atom. The molecule has 2 unspecified atom stereocenters. The molecule has 1 nitrogen and oxygen atoms in total. The largest absolute Gasteiger partial charge is 0.378 e. The molecule has 0 aliphatic carbocycles. The van der Waals surface area contributed by atoms with Crippen molar-refractivity contribution in [1.82, 2.24) is 0 Å². The highest BCUT2D eigenvalue weighted by atomic mass is 28.3. The molecule has 1 saturated heterocycles. The number of hydrogen-bond donors (Lipinski definition) is 0. The van der Waals surface area contributed by atoms with Crippen LogP contribution in [0.4, 0.5) is 0 Å². The first-order valence-corrected chi connectivity index (χ1v) is 11.6. The Hall–Kier alpha value is -0.603. The number of rotatable bonds is 7. The predicted molar refractivity (Wildman–Crippen MR) is 89.9 cm³/mol. The van der Waals surface area contributed by atoms with Crippen molar-refractivity contribution in [2.24, 2.45) is 0 Å². The summed E-state index contributed by atoms with van der Waals surface area (Å²) >= 11 is 0. The maximum atomic E-state index is 6.07. The van der Waals surface area contributed by atoms with Crippen LogP contribution in [0.15, 0.2) is 30.3 Å². The van der Waals surface area contributed by atoms with Crippen molar-refractivity contribution < 1.29 is 4.74 Å². The van der Waals surface area contributed by atoms with Gasteiger partial charge in [0.05, 0.1) is 14.2 Å². The molecular formula is C18H30OSi. The van der Waals surface area contributed by atoms with Crippen LogP contribution in [0.3, 0.4) is 0 Å². The fourth-order valence-corrected chi connectivity index (χ4v) is 7.48. The molecule has 0 spiro atoms. The van der Waals surface area contributed by atoms with E-state index < -0.39 is 8.07 Å². The van der Waals surface area contributed by atoms with E-state index in [4.69, 9.17) is 4.74 Å². The Kier molecular flexibility index (Phi) is 5.85. The van der Waals surface area contributed by atoms with Gasteiger partial charge in [0, 0.05) is 6.61 Å². The van der Waals surface area contributed by atoms with Gasteiger partial charge in [0.25, 0.3) is 0 Å². The summed E-state index contributed by atoms with van der Waals surface area (Å²) in [6.07, 6.45) is 7.14. The Balaban J connectivity index is 2.08. The molecule has 0 N–H and O–H groups in total. The van der Waals surface area contributed by atoms with Gasteiger partial charge in [0.15, 0.2) is 0 Å². The Labute approximate surface area is 125 Å². The van der Waals surface area contributed by atoms with E-state index in [1.165, 1.54) is 43.7 Å². The minimum atomic E-state index is -1.30. The zero-order valence-electron chi connectivity index (χ0n) is 13.4. The van der Waals surface area contributed by atoms with Crippen molar-refractivity contribution >= 4 is 8.07 Å². The van der Waals surface area contributed by atoms with Crippen LogP contribution in [0.5, 0.6) is 0 Å². The maximum absolute atomic E-state index is 6.07. The third-order valence-corrected chi connectivity index (χ3v) is 8.78. The Bertz CT molecular complexity index is 382. The van der Waals surface area contributed by atoms with Crippen LogP contribution in [0.25, 0.3) is 0 Å². The lowest BCUT2D eigenvalue weighted by atomic mass is 10.1. The lowest BCUT2D eigenvalue weighted by Crippen LogP contribution is -2.41. The molecule has 1 fully saturated rings. The second kappa shape index (κ2) is 7.42. The summed E-state index contributed by atoms with van der Waals surface area (Å²) in [4.78, 5) is 0. The zero-order chi connectivity index (χ0) is 14.4. The summed E-state index contributed by atoms with van der Waals surface area (Å²) < 4.78 is 6.07. The van der Waals surface area contributed by atoms with Gasteiger partial charge in [0.2, 0.25) is 0 Å². The molecule has 1 aliphatic heterocycles. The summed E-state index contributed by atoms with van der Waals surface area (Å²) in [6.45, 7) is 8.44. The highest BCUT2D eigenvalue weighted by Crippen LogP contribution is 2.38. The first-order chi connectivity index (χ1) is 9.63. The topological polar surface area (TPSA) is 9.23 Å². The van der Waals surface area contributed by atoms with Gasteiger partial charge < -0.3 is 4.74 Å². The molecule has 1 aliphatic rings. The average Bonchev–Trinajstić information content (AvgIpc) is 2.93. The zero-order valence-corrected chi connectivity index (χ0v) is 14.4. The molecule has 0 bridgehead atoms. The molecule has 112 valence electrons. The van der Waals surface area contributed by atoms with Gasteiger partial charge in [-0.05, 0) is 24.4 Å². The molecule has 0 aromatic heterocycles. The summed E-state index contributed by atoms with van der Waals surface area (Å²) in [5, 5.41) is 0. The molecule has 0 saturated carbocycles. The molecule has 20 heavy (non-hydrogen) atoms. The SMILES string of the molecule is CCCCC(C1CCCO1)[Si](C)(C)Cc1ccccc1. The van der Waals surface area contributed by atoms with Crippen LogP contribution in [0.1, 0.15) is 44.6 Å². The molecule has 1 aromatic rings. The molecule has 0 radical (unpaired) electrons. The predicted octanol–water partition coefficient (Wildman–Crippen LogP) is 5.22. The molecule has 2 heteroatoms. The standard InChI is InChI=1S/C18H30OSi/c1-4-5-13-18(17-12-9-14-19-17)20(2,3)15-16-10-7-6-8-11-16/h6-8,10-11,17-18H,4-5,9,12-15H2,1-3H3. The highest BCUT2D eigenvalue weighted by Gasteiger charge is 2.38. The van der Waals surface area contributed by atoms with Gasteiger partial charge in [-0.2, -0.15) is 0 Å². The van der Waals surface area contributed by atoms with Crippen molar-refractivity contribution in [2.75, 3.05) is 6.61 Å². The second-order valence-corrected chi connectivity index (χ2v) is 12.0. The fourth-order valence-electron chi connectivity index (χ4n) is 3.68. The maximum Gasteiger partial charge on any atom is 0.0580 e. The summed E-state index contributed by atoms with van der Waals surface area (Å²) in [5.41, 5.74) is 2.34. The minimum Gasteiger partial charge on any atom is -0.378 e. The van der Waals surface area contributed by atoms with Crippen LogP contribution < -0.4 is 0 Å². The molecule has 2 atom stereocenters. The van der Waals surface area contributed by atoms with Crippen molar-refractivity contribution in [3.05, 3.63) is 35.9 Å². The molecule has 1 aromatic carbocycles. The molecule has 1 heterocycles. The Morgan fingerprint density at radius 1 is 1.25 bits per heavy atom. The number of benzene rings is 1. The number of ether oxygens (including phenoxy) is 1. The van der Waals surface area contributed by atoms with Gasteiger partial charge >= 0.3 is 0 Å². The first-order valence-electron chi connectivity index (χ1n) is 8.29. The lowest BCUT2D eigenvalue weighted by Gasteiger charge is -2.36. The lowest BCUT2D eigenvalue weighted by molar-refractivity contribution is 0.0997. The summed E-state index contributed by atoms with van der Waals surface area (Å²) in [6, 6.07) is 12.3. The van der Waals surface area contributed by atoms with E-state index in [9.17, 15) is 0 Å². The second-order valence-electron chi connectivity index (χ2n) is 6.95. The average molecular weight is 291 g/mol. The third-order valence-electron chi connectivity index (χ3n) is 4.79.